The second-order valence-corrected chi connectivity index (χ2v) is 5.70. The van der Waals surface area contributed by atoms with Crippen LogP contribution in [-0.4, -0.2) is 13.0 Å². The number of benzene rings is 2. The molecule has 0 unspecified atom stereocenters. The lowest BCUT2D eigenvalue weighted by molar-refractivity contribution is -0.115. The van der Waals surface area contributed by atoms with Gasteiger partial charge in [-0.1, -0.05) is 37.6 Å². The minimum atomic E-state index is -0.0603. The third kappa shape index (κ3) is 4.42. The minimum Gasteiger partial charge on any atom is -0.496 e. The van der Waals surface area contributed by atoms with Gasteiger partial charge in [0.2, 0.25) is 5.91 Å². The van der Waals surface area contributed by atoms with E-state index >= 15 is 0 Å². The van der Waals surface area contributed by atoms with Crippen molar-refractivity contribution in [3.8, 4) is 11.5 Å². The van der Waals surface area contributed by atoms with Crippen molar-refractivity contribution in [2.75, 3.05) is 12.4 Å². The van der Waals surface area contributed by atoms with E-state index in [4.69, 9.17) is 21.1 Å². The van der Waals surface area contributed by atoms with Gasteiger partial charge in [-0.3, -0.25) is 4.79 Å². The first-order valence-electron chi connectivity index (χ1n) is 7.96. The van der Waals surface area contributed by atoms with E-state index in [9.17, 15) is 4.79 Å². The van der Waals surface area contributed by atoms with Crippen LogP contribution in [0.15, 0.2) is 36.4 Å². The fraction of sp³-hybridized carbons (Fsp3) is 0.316. The molecule has 0 saturated heterocycles. The Morgan fingerprint density at radius 3 is 2.58 bits per heavy atom. The third-order valence-electron chi connectivity index (χ3n) is 3.72. The molecule has 2 aromatic carbocycles. The number of ether oxygens (including phenoxy) is 2. The van der Waals surface area contributed by atoms with Gasteiger partial charge >= 0.3 is 0 Å². The Balaban J connectivity index is 2.23. The molecule has 4 nitrogen and oxygen atoms in total. The van der Waals surface area contributed by atoms with Crippen molar-refractivity contribution in [2.45, 2.75) is 33.3 Å². The highest BCUT2D eigenvalue weighted by atomic mass is 35.5. The number of halogens is 1. The number of carbonyl (C=O) groups excluding carboxylic acids is 1. The topological polar surface area (TPSA) is 47.6 Å². The van der Waals surface area contributed by atoms with Crippen LogP contribution < -0.4 is 14.8 Å². The summed E-state index contributed by atoms with van der Waals surface area (Å²) in [5.74, 6) is 1.20. The number of nitrogens with one attached hydrogen (secondary N) is 1. The van der Waals surface area contributed by atoms with Gasteiger partial charge < -0.3 is 14.8 Å². The smallest absolute Gasteiger partial charge is 0.224 e. The van der Waals surface area contributed by atoms with Gasteiger partial charge in [0.15, 0.2) is 0 Å². The van der Waals surface area contributed by atoms with E-state index in [0.717, 1.165) is 17.5 Å². The highest BCUT2D eigenvalue weighted by Gasteiger charge is 2.13. The Labute approximate surface area is 147 Å². The van der Waals surface area contributed by atoms with E-state index in [2.05, 4.69) is 12.2 Å². The first kappa shape index (κ1) is 18.1. The highest BCUT2D eigenvalue weighted by molar-refractivity contribution is 6.32. The third-order valence-corrected chi connectivity index (χ3v) is 4.02. The summed E-state index contributed by atoms with van der Waals surface area (Å²) in [5.41, 5.74) is 2.61. The van der Waals surface area contributed by atoms with Crippen LogP contribution in [-0.2, 0) is 17.8 Å². The monoisotopic (exact) mass is 347 g/mol. The summed E-state index contributed by atoms with van der Waals surface area (Å²) in [5, 5.41) is 3.44. The second kappa shape index (κ2) is 8.60. The molecular weight excluding hydrogens is 326 g/mol. The van der Waals surface area contributed by atoms with Crippen LogP contribution in [0.2, 0.25) is 5.02 Å². The van der Waals surface area contributed by atoms with E-state index in [1.165, 1.54) is 0 Å². The molecule has 0 aliphatic carbocycles. The molecule has 0 bridgehead atoms. The van der Waals surface area contributed by atoms with Gasteiger partial charge in [-0.15, -0.1) is 0 Å². The first-order chi connectivity index (χ1) is 11.6. The molecule has 2 rings (SSSR count). The van der Waals surface area contributed by atoms with Crippen LogP contribution in [0.1, 0.15) is 31.4 Å². The summed E-state index contributed by atoms with van der Waals surface area (Å²) in [4.78, 5) is 11.7. The van der Waals surface area contributed by atoms with Crippen molar-refractivity contribution >= 4 is 23.2 Å². The zero-order chi connectivity index (χ0) is 17.5. The number of rotatable bonds is 7. The van der Waals surface area contributed by atoms with Gasteiger partial charge in [0.1, 0.15) is 18.1 Å². The Morgan fingerprint density at radius 2 is 1.96 bits per heavy atom. The van der Waals surface area contributed by atoms with Crippen LogP contribution in [0.5, 0.6) is 11.5 Å². The molecule has 0 fully saturated rings. The maximum atomic E-state index is 11.7. The largest absolute Gasteiger partial charge is 0.496 e. The lowest BCUT2D eigenvalue weighted by atomic mass is 10.1. The van der Waals surface area contributed by atoms with E-state index in [0.29, 0.717) is 28.6 Å². The van der Waals surface area contributed by atoms with E-state index in [1.54, 1.807) is 14.0 Å². The summed E-state index contributed by atoms with van der Waals surface area (Å²) >= 11 is 6.27. The number of aryl methyl sites for hydroxylation is 1. The molecule has 1 amide bonds. The molecule has 5 heteroatoms. The molecule has 0 radical (unpaired) electrons. The molecule has 1 N–H and O–H groups in total. The van der Waals surface area contributed by atoms with Crippen LogP contribution in [0.4, 0.5) is 5.69 Å². The number of methoxy groups -OCH3 is 1. The first-order valence-corrected chi connectivity index (χ1v) is 8.33. The summed E-state index contributed by atoms with van der Waals surface area (Å²) in [6.45, 7) is 4.12. The van der Waals surface area contributed by atoms with Gasteiger partial charge in [0.05, 0.1) is 23.4 Å². The van der Waals surface area contributed by atoms with E-state index in [1.807, 2.05) is 36.4 Å². The zero-order valence-corrected chi connectivity index (χ0v) is 14.9. The lowest BCUT2D eigenvalue weighted by Gasteiger charge is -2.16. The lowest BCUT2D eigenvalue weighted by Crippen LogP contribution is -2.13. The normalized spacial score (nSPS) is 10.3. The van der Waals surface area contributed by atoms with Gasteiger partial charge in [-0.25, -0.2) is 0 Å². The number of hydrogen-bond acceptors (Lipinski definition) is 3. The van der Waals surface area contributed by atoms with Gasteiger partial charge in [-0.05, 0) is 36.2 Å². The van der Waals surface area contributed by atoms with Crippen LogP contribution in [0.25, 0.3) is 0 Å². The molecule has 24 heavy (non-hydrogen) atoms. The van der Waals surface area contributed by atoms with E-state index < -0.39 is 0 Å². The fourth-order valence-electron chi connectivity index (χ4n) is 2.29. The van der Waals surface area contributed by atoms with Gasteiger partial charge in [-0.2, -0.15) is 0 Å². The molecule has 0 spiro atoms. The van der Waals surface area contributed by atoms with Crippen molar-refractivity contribution in [1.29, 1.82) is 0 Å². The second-order valence-electron chi connectivity index (χ2n) is 5.30. The van der Waals surface area contributed by atoms with Crippen molar-refractivity contribution in [1.82, 2.24) is 0 Å². The molecular formula is C19H22ClNO3. The van der Waals surface area contributed by atoms with Crippen LogP contribution in [0, 0.1) is 0 Å². The Bertz CT molecular complexity index is 716. The van der Waals surface area contributed by atoms with Gasteiger partial charge in [0.25, 0.3) is 0 Å². The highest BCUT2D eigenvalue weighted by Crippen LogP contribution is 2.31. The quantitative estimate of drug-likeness (QED) is 0.779. The Hall–Kier alpha value is -2.20. The standard InChI is InChI=1S/C19H22ClNO3/c1-4-13-9-10-18(15(20)11-13)24-12-14-16(21-19(22)5-2)7-6-8-17(14)23-3/h6-11H,4-5,12H2,1-3H3,(H,21,22). The van der Waals surface area contributed by atoms with Crippen molar-refractivity contribution in [3.05, 3.63) is 52.5 Å². The van der Waals surface area contributed by atoms with Crippen LogP contribution >= 0.6 is 11.6 Å². The van der Waals surface area contributed by atoms with E-state index in [-0.39, 0.29) is 12.5 Å². The maximum Gasteiger partial charge on any atom is 0.224 e. The average molecular weight is 348 g/mol. The molecule has 2 aromatic rings. The predicted molar refractivity (Wildman–Crippen MR) is 97.1 cm³/mol. The molecule has 0 aromatic heterocycles. The summed E-state index contributed by atoms with van der Waals surface area (Å²) in [6.07, 6.45) is 1.32. The number of carbonyl (C=O) groups is 1. The van der Waals surface area contributed by atoms with Gasteiger partial charge in [0, 0.05) is 6.42 Å². The fourth-order valence-corrected chi connectivity index (χ4v) is 2.55. The molecule has 0 heterocycles. The average Bonchev–Trinajstić information content (AvgIpc) is 2.60. The summed E-state index contributed by atoms with van der Waals surface area (Å²) in [7, 11) is 1.59. The van der Waals surface area contributed by atoms with Crippen molar-refractivity contribution in [2.24, 2.45) is 0 Å². The predicted octanol–water partition coefficient (Wildman–Crippen LogP) is 4.84. The Morgan fingerprint density at radius 1 is 1.17 bits per heavy atom. The summed E-state index contributed by atoms with van der Waals surface area (Å²) in [6, 6.07) is 11.2. The SMILES string of the molecule is CCC(=O)Nc1cccc(OC)c1COc1ccc(CC)cc1Cl. The Kier molecular flexibility index (Phi) is 6.50. The van der Waals surface area contributed by atoms with Crippen molar-refractivity contribution in [3.63, 3.8) is 0 Å². The summed E-state index contributed by atoms with van der Waals surface area (Å²) < 4.78 is 11.2. The molecule has 0 aliphatic heterocycles. The molecule has 0 atom stereocenters. The number of hydrogen-bond donors (Lipinski definition) is 1. The molecule has 0 saturated carbocycles. The minimum absolute atomic E-state index is 0.0603. The zero-order valence-electron chi connectivity index (χ0n) is 14.2. The molecule has 128 valence electrons. The number of amides is 1. The maximum absolute atomic E-state index is 11.7. The number of anilines is 1. The molecule has 0 aliphatic rings. The van der Waals surface area contributed by atoms with Crippen molar-refractivity contribution < 1.29 is 14.3 Å². The van der Waals surface area contributed by atoms with Crippen LogP contribution in [0.3, 0.4) is 0 Å².